The van der Waals surface area contributed by atoms with Gasteiger partial charge in [0.1, 0.15) is 11.8 Å². The summed E-state index contributed by atoms with van der Waals surface area (Å²) in [7, 11) is 1.58. The van der Waals surface area contributed by atoms with Gasteiger partial charge < -0.3 is 14.6 Å². The van der Waals surface area contributed by atoms with E-state index in [1.165, 1.54) is 6.33 Å². The number of carbonyl (C=O) groups excluding carboxylic acids is 1. The number of aromatic nitrogens is 4. The van der Waals surface area contributed by atoms with Crippen molar-refractivity contribution in [2.24, 2.45) is 5.41 Å². The van der Waals surface area contributed by atoms with Crippen LogP contribution in [0.4, 0.5) is 0 Å². The molecule has 8 heteroatoms. The molecule has 3 aromatic rings. The van der Waals surface area contributed by atoms with E-state index < -0.39 is 5.41 Å². The zero-order valence-corrected chi connectivity index (χ0v) is 16.7. The molecule has 0 aromatic carbocycles. The number of nitriles is 1. The van der Waals surface area contributed by atoms with Gasteiger partial charge in [0.2, 0.25) is 5.88 Å². The first kappa shape index (κ1) is 18.9. The molecular weight excluding hydrogens is 368 g/mol. The van der Waals surface area contributed by atoms with E-state index in [0.717, 1.165) is 35.2 Å². The molecule has 0 bridgehead atoms. The normalized spacial score (nSPS) is 14.4. The van der Waals surface area contributed by atoms with Crippen molar-refractivity contribution in [3.63, 3.8) is 0 Å². The molecule has 3 aromatic heterocycles. The van der Waals surface area contributed by atoms with Gasteiger partial charge in [-0.3, -0.25) is 9.78 Å². The Morgan fingerprint density at radius 3 is 2.83 bits per heavy atom. The Balaban J connectivity index is 1.69. The number of hydrogen-bond acceptors (Lipinski definition) is 6. The molecule has 0 spiro atoms. The molecule has 8 nitrogen and oxygen atoms in total. The van der Waals surface area contributed by atoms with Gasteiger partial charge in [-0.2, -0.15) is 5.26 Å². The standard InChI is InChI=1S/C21H22N6O2/c1-13-6-17-18(23-7-13)15(19(28)24-11-21(10-22)4-5-21)8-27(17)9-16-14(2)20(29-3)26-12-25-16/h6-8,12H,4-5,9,11H2,1-3H3,(H,24,28). The fraction of sp³-hybridized carbons (Fsp3) is 0.381. The molecule has 148 valence electrons. The van der Waals surface area contributed by atoms with Gasteiger partial charge in [0.25, 0.3) is 5.91 Å². The summed E-state index contributed by atoms with van der Waals surface area (Å²) in [4.78, 5) is 25.9. The van der Waals surface area contributed by atoms with Gasteiger partial charge in [-0.1, -0.05) is 0 Å². The van der Waals surface area contributed by atoms with Crippen molar-refractivity contribution in [1.82, 2.24) is 24.8 Å². The van der Waals surface area contributed by atoms with Gasteiger partial charge in [0, 0.05) is 24.5 Å². The molecule has 0 unspecified atom stereocenters. The average Bonchev–Trinajstić information content (AvgIpc) is 3.43. The molecule has 0 aliphatic heterocycles. The van der Waals surface area contributed by atoms with Crippen LogP contribution >= 0.6 is 0 Å². The largest absolute Gasteiger partial charge is 0.481 e. The first-order valence-electron chi connectivity index (χ1n) is 9.46. The van der Waals surface area contributed by atoms with E-state index in [0.29, 0.717) is 30.0 Å². The summed E-state index contributed by atoms with van der Waals surface area (Å²) < 4.78 is 7.26. The lowest BCUT2D eigenvalue weighted by Gasteiger charge is -2.10. The van der Waals surface area contributed by atoms with Crippen LogP contribution in [0.1, 0.15) is 40.0 Å². The summed E-state index contributed by atoms with van der Waals surface area (Å²) in [6.45, 7) is 4.70. The summed E-state index contributed by atoms with van der Waals surface area (Å²) >= 11 is 0. The van der Waals surface area contributed by atoms with Gasteiger partial charge in [0.15, 0.2) is 0 Å². The van der Waals surface area contributed by atoms with E-state index in [1.54, 1.807) is 19.5 Å². The molecule has 4 rings (SSSR count). The van der Waals surface area contributed by atoms with Crippen molar-refractivity contribution in [2.45, 2.75) is 33.2 Å². The number of amides is 1. The fourth-order valence-corrected chi connectivity index (χ4v) is 3.38. The highest BCUT2D eigenvalue weighted by atomic mass is 16.5. The Kier molecular flexibility index (Phi) is 4.66. The number of hydrogen-bond donors (Lipinski definition) is 1. The predicted molar refractivity (Wildman–Crippen MR) is 107 cm³/mol. The van der Waals surface area contributed by atoms with Crippen LogP contribution in [0.25, 0.3) is 11.0 Å². The monoisotopic (exact) mass is 390 g/mol. The smallest absolute Gasteiger partial charge is 0.255 e. The average molecular weight is 390 g/mol. The second kappa shape index (κ2) is 7.17. The summed E-state index contributed by atoms with van der Waals surface area (Å²) in [6.07, 6.45) is 6.68. The van der Waals surface area contributed by atoms with E-state index in [1.807, 2.05) is 24.5 Å². The maximum atomic E-state index is 12.8. The van der Waals surface area contributed by atoms with Crippen LogP contribution in [0.3, 0.4) is 0 Å². The Labute approximate surface area is 168 Å². The SMILES string of the molecule is COc1ncnc(Cn2cc(C(=O)NCC3(C#N)CC3)c3ncc(C)cc32)c1C. The quantitative estimate of drug-likeness (QED) is 0.693. The van der Waals surface area contributed by atoms with Crippen LogP contribution in [0.15, 0.2) is 24.8 Å². The van der Waals surface area contributed by atoms with E-state index in [4.69, 9.17) is 4.74 Å². The molecule has 1 N–H and O–H groups in total. The zero-order chi connectivity index (χ0) is 20.6. The number of ether oxygens (including phenoxy) is 1. The second-order valence-corrected chi connectivity index (χ2v) is 7.58. The van der Waals surface area contributed by atoms with E-state index in [9.17, 15) is 10.1 Å². The molecule has 0 atom stereocenters. The number of fused-ring (bicyclic) bond motifs is 1. The second-order valence-electron chi connectivity index (χ2n) is 7.58. The van der Waals surface area contributed by atoms with Crippen molar-refractivity contribution < 1.29 is 9.53 Å². The maximum Gasteiger partial charge on any atom is 0.255 e. The molecule has 1 fully saturated rings. The summed E-state index contributed by atoms with van der Waals surface area (Å²) in [6, 6.07) is 4.30. The predicted octanol–water partition coefficient (Wildman–Crippen LogP) is 2.53. The molecule has 3 heterocycles. The lowest BCUT2D eigenvalue weighted by molar-refractivity contribution is 0.0950. The Morgan fingerprint density at radius 2 is 2.14 bits per heavy atom. The van der Waals surface area contributed by atoms with E-state index in [-0.39, 0.29) is 5.91 Å². The summed E-state index contributed by atoms with van der Waals surface area (Å²) in [5.74, 6) is 0.314. The fourth-order valence-electron chi connectivity index (χ4n) is 3.38. The minimum absolute atomic E-state index is 0.219. The highest BCUT2D eigenvalue weighted by molar-refractivity contribution is 6.05. The number of rotatable bonds is 6. The van der Waals surface area contributed by atoms with E-state index in [2.05, 4.69) is 26.3 Å². The number of pyridine rings is 1. The minimum atomic E-state index is -0.396. The third-order valence-corrected chi connectivity index (χ3v) is 5.43. The van der Waals surface area contributed by atoms with Crippen LogP contribution in [0.5, 0.6) is 5.88 Å². The maximum absolute atomic E-state index is 12.8. The summed E-state index contributed by atoms with van der Waals surface area (Å²) in [5, 5.41) is 12.1. The highest BCUT2D eigenvalue weighted by Crippen LogP contribution is 2.44. The molecule has 0 radical (unpaired) electrons. The minimum Gasteiger partial charge on any atom is -0.481 e. The molecule has 1 aliphatic rings. The van der Waals surface area contributed by atoms with Crippen molar-refractivity contribution in [2.75, 3.05) is 13.7 Å². The van der Waals surface area contributed by atoms with Gasteiger partial charge >= 0.3 is 0 Å². The molecule has 1 amide bonds. The molecule has 1 saturated carbocycles. The number of nitrogens with one attached hydrogen (secondary N) is 1. The first-order valence-corrected chi connectivity index (χ1v) is 9.46. The third-order valence-electron chi connectivity index (χ3n) is 5.43. The third kappa shape index (κ3) is 3.51. The molecular formula is C21H22N6O2. The number of aryl methyl sites for hydroxylation is 1. The van der Waals surface area contributed by atoms with E-state index >= 15 is 0 Å². The number of methoxy groups -OCH3 is 1. The van der Waals surface area contributed by atoms with Gasteiger partial charge in [-0.15, -0.1) is 0 Å². The topological polar surface area (TPSA) is 106 Å². The first-order chi connectivity index (χ1) is 14.0. The van der Waals surface area contributed by atoms with Crippen molar-refractivity contribution in [1.29, 1.82) is 5.26 Å². The lowest BCUT2D eigenvalue weighted by Crippen LogP contribution is -2.29. The van der Waals surface area contributed by atoms with Crippen LogP contribution in [0, 0.1) is 30.6 Å². The number of nitrogens with zero attached hydrogens (tertiary/aromatic N) is 5. The van der Waals surface area contributed by atoms with Gasteiger partial charge in [0.05, 0.1) is 41.9 Å². The molecule has 0 saturated heterocycles. The molecule has 29 heavy (non-hydrogen) atoms. The van der Waals surface area contributed by atoms with Crippen LogP contribution < -0.4 is 10.1 Å². The van der Waals surface area contributed by atoms with Gasteiger partial charge in [-0.25, -0.2) is 9.97 Å². The number of carbonyl (C=O) groups is 1. The van der Waals surface area contributed by atoms with Crippen molar-refractivity contribution in [3.8, 4) is 11.9 Å². The lowest BCUT2D eigenvalue weighted by atomic mass is 10.1. The molecule has 1 aliphatic carbocycles. The van der Waals surface area contributed by atoms with Crippen molar-refractivity contribution >= 4 is 16.9 Å². The van der Waals surface area contributed by atoms with Crippen LogP contribution in [-0.4, -0.2) is 39.1 Å². The Bertz CT molecular complexity index is 1140. The van der Waals surface area contributed by atoms with Gasteiger partial charge in [-0.05, 0) is 38.3 Å². The zero-order valence-electron chi connectivity index (χ0n) is 16.7. The summed E-state index contributed by atoms with van der Waals surface area (Å²) in [5.41, 5.74) is 4.25. The Morgan fingerprint density at radius 1 is 1.34 bits per heavy atom. The van der Waals surface area contributed by atoms with Crippen LogP contribution in [0.2, 0.25) is 0 Å². The van der Waals surface area contributed by atoms with Crippen molar-refractivity contribution in [3.05, 3.63) is 47.2 Å². The highest BCUT2D eigenvalue weighted by Gasteiger charge is 2.43. The van der Waals surface area contributed by atoms with Crippen LogP contribution in [-0.2, 0) is 6.54 Å². The Hall–Kier alpha value is -3.47.